The fourth-order valence-electron chi connectivity index (χ4n) is 5.25. The van der Waals surface area contributed by atoms with Gasteiger partial charge in [-0.15, -0.1) is 0 Å². The summed E-state index contributed by atoms with van der Waals surface area (Å²) in [6.07, 6.45) is 10.8. The zero-order chi connectivity index (χ0) is 23.5. The van der Waals surface area contributed by atoms with E-state index in [9.17, 15) is 4.79 Å². The van der Waals surface area contributed by atoms with Crippen LogP contribution in [-0.4, -0.2) is 34.1 Å². The highest BCUT2D eigenvalue weighted by molar-refractivity contribution is 5.87. The van der Waals surface area contributed by atoms with Crippen molar-refractivity contribution in [1.82, 2.24) is 14.5 Å². The summed E-state index contributed by atoms with van der Waals surface area (Å²) in [5.74, 6) is -0.330. The average Bonchev–Trinajstić information content (AvgIpc) is 3.60. The van der Waals surface area contributed by atoms with Crippen LogP contribution in [0.3, 0.4) is 0 Å². The number of para-hydroxylation sites is 1. The number of esters is 1. The molecule has 2 aromatic carbocycles. The third-order valence-corrected chi connectivity index (χ3v) is 6.95. The van der Waals surface area contributed by atoms with Gasteiger partial charge in [0.2, 0.25) is 0 Å². The van der Waals surface area contributed by atoms with E-state index < -0.39 is 0 Å². The van der Waals surface area contributed by atoms with Gasteiger partial charge in [0.05, 0.1) is 7.11 Å². The number of aryl methyl sites for hydroxylation is 2. The van der Waals surface area contributed by atoms with Crippen LogP contribution in [0.1, 0.15) is 40.4 Å². The molecule has 5 heteroatoms. The van der Waals surface area contributed by atoms with Gasteiger partial charge in [-0.3, -0.25) is 4.90 Å². The lowest BCUT2D eigenvalue weighted by Gasteiger charge is -2.29. The zero-order valence-electron chi connectivity index (χ0n) is 19.8. The molecule has 5 rings (SSSR count). The molecule has 2 aromatic heterocycles. The molecule has 1 N–H and O–H groups in total. The number of H-pyrrole nitrogens is 1. The molecule has 0 bridgehead atoms. The molecule has 1 aliphatic rings. The Morgan fingerprint density at radius 3 is 2.91 bits per heavy atom. The average molecular weight is 454 g/mol. The number of aromatic amines is 1. The summed E-state index contributed by atoms with van der Waals surface area (Å²) in [6, 6.07) is 19.8. The van der Waals surface area contributed by atoms with E-state index in [0.717, 1.165) is 37.9 Å². The number of ether oxygens (including phenoxy) is 1. The van der Waals surface area contributed by atoms with Gasteiger partial charge in [-0.1, -0.05) is 36.4 Å². The Morgan fingerprint density at radius 2 is 2.09 bits per heavy atom. The van der Waals surface area contributed by atoms with Gasteiger partial charge in [0.25, 0.3) is 0 Å². The van der Waals surface area contributed by atoms with E-state index in [2.05, 4.69) is 82.3 Å². The van der Waals surface area contributed by atoms with Gasteiger partial charge in [-0.05, 0) is 65.8 Å². The first kappa shape index (κ1) is 22.2. The van der Waals surface area contributed by atoms with Crippen molar-refractivity contribution in [2.45, 2.75) is 31.8 Å². The number of hydrogen-bond donors (Lipinski definition) is 1. The molecule has 0 aliphatic heterocycles. The lowest BCUT2D eigenvalue weighted by atomic mass is 10.0. The fraction of sp³-hybridized carbons (Fsp3) is 0.276. The van der Waals surface area contributed by atoms with Crippen molar-refractivity contribution < 1.29 is 9.53 Å². The second kappa shape index (κ2) is 9.74. The summed E-state index contributed by atoms with van der Waals surface area (Å²) in [7, 11) is 3.53. The first-order valence-corrected chi connectivity index (χ1v) is 11.9. The maximum absolute atomic E-state index is 11.5. The number of benzene rings is 2. The topological polar surface area (TPSA) is 50.3 Å². The Hall–Kier alpha value is -3.57. The molecule has 0 saturated heterocycles. The van der Waals surface area contributed by atoms with Gasteiger partial charge in [-0.25, -0.2) is 4.79 Å². The molecule has 0 spiro atoms. The minimum atomic E-state index is -0.330. The molecular weight excluding hydrogens is 422 g/mol. The molecule has 1 unspecified atom stereocenters. The van der Waals surface area contributed by atoms with Gasteiger partial charge < -0.3 is 14.3 Å². The van der Waals surface area contributed by atoms with E-state index in [1.165, 1.54) is 46.5 Å². The van der Waals surface area contributed by atoms with Crippen molar-refractivity contribution in [2.75, 3.05) is 13.7 Å². The van der Waals surface area contributed by atoms with E-state index >= 15 is 0 Å². The summed E-state index contributed by atoms with van der Waals surface area (Å²) >= 11 is 0. The Labute approximate surface area is 200 Å². The van der Waals surface area contributed by atoms with E-state index in [1.807, 2.05) is 12.3 Å². The molecule has 5 nitrogen and oxygen atoms in total. The van der Waals surface area contributed by atoms with E-state index in [-0.39, 0.29) is 5.97 Å². The molecule has 1 atom stereocenters. The number of hydrogen-bond acceptors (Lipinski definition) is 3. The predicted molar refractivity (Wildman–Crippen MR) is 136 cm³/mol. The number of nitrogens with zero attached hydrogens (tertiary/aromatic N) is 2. The van der Waals surface area contributed by atoms with Crippen LogP contribution in [0.15, 0.2) is 73.1 Å². The monoisotopic (exact) mass is 453 g/mol. The highest BCUT2D eigenvalue weighted by Crippen LogP contribution is 2.37. The molecule has 0 amide bonds. The van der Waals surface area contributed by atoms with Crippen molar-refractivity contribution in [2.24, 2.45) is 7.05 Å². The molecule has 34 heavy (non-hydrogen) atoms. The normalized spacial score (nSPS) is 15.4. The maximum atomic E-state index is 11.5. The lowest BCUT2D eigenvalue weighted by molar-refractivity contribution is -0.134. The number of fused-ring (bicyclic) bond motifs is 2. The Bertz CT molecular complexity index is 1320. The van der Waals surface area contributed by atoms with Crippen LogP contribution in [-0.2, 0) is 36.0 Å². The lowest BCUT2D eigenvalue weighted by Crippen LogP contribution is -2.29. The number of nitrogens with one attached hydrogen (secondary N) is 1. The van der Waals surface area contributed by atoms with Crippen molar-refractivity contribution in [3.05, 3.63) is 101 Å². The minimum absolute atomic E-state index is 0.330. The molecule has 2 heterocycles. The number of rotatable bonds is 8. The summed E-state index contributed by atoms with van der Waals surface area (Å²) < 4.78 is 6.95. The summed E-state index contributed by atoms with van der Waals surface area (Å²) in [5, 5.41) is 1.35. The van der Waals surface area contributed by atoms with E-state index in [0.29, 0.717) is 6.04 Å². The Morgan fingerprint density at radius 1 is 1.21 bits per heavy atom. The van der Waals surface area contributed by atoms with Crippen LogP contribution >= 0.6 is 0 Å². The first-order chi connectivity index (χ1) is 16.6. The highest BCUT2D eigenvalue weighted by atomic mass is 16.5. The standard InChI is InChI=1S/C29H31N3O2/c1-31-19-23(25-7-3-4-8-27(25)31)15-17-32(20-24-6-5-16-30-24)28-13-11-22-18-21(9-12-26(22)28)10-14-29(33)34-2/h3-10,12,14,16,18-19,28,30H,11,13,15,17,20H2,1-2H3. The molecular formula is C29H31N3O2. The molecule has 0 radical (unpaired) electrons. The summed E-state index contributed by atoms with van der Waals surface area (Å²) in [6.45, 7) is 1.88. The maximum Gasteiger partial charge on any atom is 0.330 e. The number of aromatic nitrogens is 2. The summed E-state index contributed by atoms with van der Waals surface area (Å²) in [4.78, 5) is 17.5. The molecule has 1 aliphatic carbocycles. The van der Waals surface area contributed by atoms with Crippen molar-refractivity contribution >= 4 is 22.9 Å². The van der Waals surface area contributed by atoms with Gasteiger partial charge in [0.15, 0.2) is 0 Å². The van der Waals surface area contributed by atoms with E-state index in [4.69, 9.17) is 4.74 Å². The zero-order valence-corrected chi connectivity index (χ0v) is 19.8. The van der Waals surface area contributed by atoms with Gasteiger partial charge in [0.1, 0.15) is 0 Å². The first-order valence-electron chi connectivity index (χ1n) is 11.9. The largest absolute Gasteiger partial charge is 0.466 e. The third kappa shape index (κ3) is 4.57. The number of carbonyl (C=O) groups excluding carboxylic acids is 1. The molecule has 174 valence electrons. The fourth-order valence-corrected chi connectivity index (χ4v) is 5.25. The summed E-state index contributed by atoms with van der Waals surface area (Å²) in [5.41, 5.74) is 7.74. The van der Waals surface area contributed by atoms with Crippen LogP contribution in [0.25, 0.3) is 17.0 Å². The van der Waals surface area contributed by atoms with Crippen LogP contribution < -0.4 is 0 Å². The quantitative estimate of drug-likeness (QED) is 0.286. The van der Waals surface area contributed by atoms with Crippen LogP contribution in [0.2, 0.25) is 0 Å². The third-order valence-electron chi connectivity index (χ3n) is 6.95. The predicted octanol–water partition coefficient (Wildman–Crippen LogP) is 5.42. The Balaban J connectivity index is 1.39. The van der Waals surface area contributed by atoms with Gasteiger partial charge >= 0.3 is 5.97 Å². The smallest absolute Gasteiger partial charge is 0.330 e. The van der Waals surface area contributed by atoms with Crippen molar-refractivity contribution in [1.29, 1.82) is 0 Å². The van der Waals surface area contributed by atoms with Crippen molar-refractivity contribution in [3.8, 4) is 0 Å². The van der Waals surface area contributed by atoms with Gasteiger partial charge in [-0.2, -0.15) is 0 Å². The van der Waals surface area contributed by atoms with E-state index in [1.54, 1.807) is 0 Å². The van der Waals surface area contributed by atoms with Crippen LogP contribution in [0, 0.1) is 0 Å². The molecule has 0 fully saturated rings. The Kier molecular flexibility index (Phi) is 6.37. The second-order valence-electron chi connectivity index (χ2n) is 9.07. The minimum Gasteiger partial charge on any atom is -0.466 e. The number of methoxy groups -OCH3 is 1. The number of carbonyl (C=O) groups is 1. The highest BCUT2D eigenvalue weighted by Gasteiger charge is 2.28. The van der Waals surface area contributed by atoms with Crippen LogP contribution in [0.5, 0.6) is 0 Å². The second-order valence-corrected chi connectivity index (χ2v) is 9.07. The SMILES string of the molecule is COC(=O)C=Cc1ccc2c(c1)CCC2N(CCc1cn(C)c2ccccc12)Cc1ccc[nH]1. The molecule has 4 aromatic rings. The molecule has 0 saturated carbocycles. The van der Waals surface area contributed by atoms with Gasteiger partial charge in [0, 0.05) is 61.2 Å². The van der Waals surface area contributed by atoms with Crippen LogP contribution in [0.4, 0.5) is 0 Å². The van der Waals surface area contributed by atoms with Crippen molar-refractivity contribution in [3.63, 3.8) is 0 Å².